The van der Waals surface area contributed by atoms with Crippen LogP contribution in [0.3, 0.4) is 0 Å². The number of methoxy groups -OCH3 is 2. The predicted octanol–water partition coefficient (Wildman–Crippen LogP) is 3.34. The van der Waals surface area contributed by atoms with Crippen molar-refractivity contribution in [2.45, 2.75) is 58.2 Å². The minimum absolute atomic E-state index is 0.414. The molecule has 0 heterocycles. The maximum Gasteiger partial charge on any atom is 0.341 e. The number of hydrogen-bond acceptors (Lipinski definition) is 5. The van der Waals surface area contributed by atoms with Crippen molar-refractivity contribution in [1.29, 1.82) is 0 Å². The molecule has 1 aromatic rings. The number of benzene rings is 1. The number of ether oxygens (including phenoxy) is 2. The van der Waals surface area contributed by atoms with Gasteiger partial charge in [0.05, 0.1) is 25.4 Å². The number of rotatable bonds is 6. The lowest BCUT2D eigenvalue weighted by atomic mass is 9.77. The Morgan fingerprint density at radius 3 is 2.46 bits per heavy atom. The van der Waals surface area contributed by atoms with E-state index in [2.05, 4.69) is 6.08 Å². The first-order valence-electron chi connectivity index (χ1n) is 8.84. The van der Waals surface area contributed by atoms with Crippen LogP contribution in [0.25, 0.3) is 5.47 Å². The quantitative estimate of drug-likeness (QED) is 0.623. The fraction of sp³-hybridized carbons (Fsp3) is 0.550. The van der Waals surface area contributed by atoms with E-state index in [4.69, 9.17) is 14.1 Å². The molecule has 1 aromatic carbocycles. The first kappa shape index (κ1) is 20.5. The van der Waals surface area contributed by atoms with Crippen molar-refractivity contribution in [3.63, 3.8) is 0 Å². The van der Waals surface area contributed by atoms with Crippen molar-refractivity contribution < 1.29 is 24.0 Å². The Kier molecular flexibility index (Phi) is 6.19. The molecule has 0 bridgehead atoms. The van der Waals surface area contributed by atoms with Gasteiger partial charge in [0.25, 0.3) is 0 Å². The van der Waals surface area contributed by atoms with Gasteiger partial charge in [-0.2, -0.15) is 0 Å². The molecular formula is C20H28BO5. The Bertz CT molecular complexity index is 701. The van der Waals surface area contributed by atoms with Gasteiger partial charge in [0, 0.05) is 5.56 Å². The maximum atomic E-state index is 12.0. The molecule has 6 heteroatoms. The lowest BCUT2D eigenvalue weighted by molar-refractivity contribution is -0.0892. The van der Waals surface area contributed by atoms with Crippen LogP contribution in [-0.4, -0.2) is 44.0 Å². The lowest BCUT2D eigenvalue weighted by Crippen LogP contribution is -2.48. The summed E-state index contributed by atoms with van der Waals surface area (Å²) in [5, 5.41) is 10.3. The van der Waals surface area contributed by atoms with E-state index in [0.717, 1.165) is 35.9 Å². The number of allylic oxidation sites excluding steroid dienone is 1. The normalized spacial score (nSPS) is 14.8. The molecule has 1 N–H and O–H groups in total. The Balaban J connectivity index is 2.39. The molecule has 0 spiro atoms. The highest BCUT2D eigenvalue weighted by Gasteiger charge is 2.36. The van der Waals surface area contributed by atoms with Crippen LogP contribution in [0.1, 0.15) is 62.0 Å². The summed E-state index contributed by atoms with van der Waals surface area (Å²) in [6.45, 7) is 7.15. The van der Waals surface area contributed by atoms with Crippen molar-refractivity contribution in [3.8, 4) is 5.75 Å². The Hall–Kier alpha value is -1.79. The highest BCUT2D eigenvalue weighted by atomic mass is 16.5. The van der Waals surface area contributed by atoms with Crippen molar-refractivity contribution >= 4 is 18.9 Å². The number of hydrogen-bond donors (Lipinski definition) is 1. The van der Waals surface area contributed by atoms with Gasteiger partial charge in [-0.25, -0.2) is 4.79 Å². The van der Waals surface area contributed by atoms with Crippen molar-refractivity contribution in [1.82, 2.24) is 0 Å². The van der Waals surface area contributed by atoms with Crippen LogP contribution >= 0.6 is 0 Å². The zero-order valence-electron chi connectivity index (χ0n) is 16.5. The molecule has 0 fully saturated rings. The average molecular weight is 359 g/mol. The lowest BCUT2D eigenvalue weighted by Gasteiger charge is -2.37. The van der Waals surface area contributed by atoms with Crippen molar-refractivity contribution in [2.75, 3.05) is 14.2 Å². The maximum absolute atomic E-state index is 12.0. The fourth-order valence-electron chi connectivity index (χ4n) is 2.76. The molecule has 141 valence electrons. The van der Waals surface area contributed by atoms with Crippen LogP contribution in [-0.2, 0) is 15.8 Å². The standard InChI is InChI=1S/C20H28BO5/c1-19(2,23)20(3,4)26-21-16-10-8-7-9-14-13(16)11-12-15(17(14)24-5)18(22)25-6/h10-12,23H,7-9H2,1-6H3. The van der Waals surface area contributed by atoms with E-state index in [-0.39, 0.29) is 0 Å². The SMILES string of the molecule is COC(=O)c1ccc2c(c1OC)CCCC=C2[B]OC(C)(C)C(C)(C)O. The molecule has 2 rings (SSSR count). The Labute approximate surface area is 156 Å². The highest BCUT2D eigenvalue weighted by molar-refractivity contribution is 6.55. The van der Waals surface area contributed by atoms with Crippen LogP contribution in [0.4, 0.5) is 0 Å². The van der Waals surface area contributed by atoms with Gasteiger partial charge in [-0.1, -0.05) is 12.1 Å². The van der Waals surface area contributed by atoms with Crippen molar-refractivity contribution in [3.05, 3.63) is 34.9 Å². The van der Waals surface area contributed by atoms with Gasteiger partial charge < -0.3 is 19.2 Å². The molecule has 1 aliphatic rings. The molecule has 0 amide bonds. The van der Waals surface area contributed by atoms with E-state index in [1.807, 2.05) is 19.9 Å². The number of aliphatic hydroxyl groups is 1. The van der Waals surface area contributed by atoms with Gasteiger partial charge >= 0.3 is 13.5 Å². The molecular weight excluding hydrogens is 331 g/mol. The first-order chi connectivity index (χ1) is 12.1. The van der Waals surface area contributed by atoms with Crippen molar-refractivity contribution in [2.24, 2.45) is 0 Å². The fourth-order valence-corrected chi connectivity index (χ4v) is 2.76. The number of carbonyl (C=O) groups excluding carboxylic acids is 1. The second-order valence-corrected chi connectivity index (χ2v) is 7.52. The molecule has 1 aliphatic carbocycles. The van der Waals surface area contributed by atoms with Gasteiger partial charge in [-0.05, 0) is 64.1 Å². The minimum atomic E-state index is -0.996. The summed E-state index contributed by atoms with van der Waals surface area (Å²) >= 11 is 0. The summed E-state index contributed by atoms with van der Waals surface area (Å²) in [7, 11) is 4.62. The number of fused-ring (bicyclic) bond motifs is 1. The largest absolute Gasteiger partial charge is 0.496 e. The van der Waals surface area contributed by atoms with Crippen LogP contribution in [0.2, 0.25) is 0 Å². The van der Waals surface area contributed by atoms with E-state index in [9.17, 15) is 9.90 Å². The third-order valence-electron chi connectivity index (χ3n) is 5.13. The predicted molar refractivity (Wildman–Crippen MR) is 102 cm³/mol. The zero-order valence-corrected chi connectivity index (χ0v) is 16.5. The van der Waals surface area contributed by atoms with Crippen LogP contribution in [0.5, 0.6) is 5.75 Å². The second kappa shape index (κ2) is 7.84. The molecule has 0 aliphatic heterocycles. The molecule has 0 saturated heterocycles. The summed E-state index contributed by atoms with van der Waals surface area (Å²) < 4.78 is 16.4. The zero-order chi connectivity index (χ0) is 19.5. The van der Waals surface area contributed by atoms with Crippen LogP contribution in [0, 0.1) is 0 Å². The van der Waals surface area contributed by atoms with Crippen LogP contribution < -0.4 is 4.74 Å². The molecule has 1 radical (unpaired) electrons. The van der Waals surface area contributed by atoms with E-state index in [1.165, 1.54) is 7.11 Å². The topological polar surface area (TPSA) is 65.0 Å². The number of esters is 1. The molecule has 5 nitrogen and oxygen atoms in total. The summed E-state index contributed by atoms with van der Waals surface area (Å²) in [6.07, 6.45) is 4.75. The molecule has 0 atom stereocenters. The molecule has 0 aromatic heterocycles. The van der Waals surface area contributed by atoms with Gasteiger partial charge in [0.15, 0.2) is 0 Å². The van der Waals surface area contributed by atoms with E-state index >= 15 is 0 Å². The van der Waals surface area contributed by atoms with Gasteiger partial charge in [-0.3, -0.25) is 0 Å². The summed E-state index contributed by atoms with van der Waals surface area (Å²) in [5.74, 6) is 0.139. The Morgan fingerprint density at radius 2 is 1.88 bits per heavy atom. The third kappa shape index (κ3) is 4.13. The summed E-state index contributed by atoms with van der Waals surface area (Å²) in [4.78, 5) is 12.0. The highest BCUT2D eigenvalue weighted by Crippen LogP contribution is 2.36. The van der Waals surface area contributed by atoms with E-state index < -0.39 is 17.2 Å². The molecule has 0 unspecified atom stereocenters. The second-order valence-electron chi connectivity index (χ2n) is 7.52. The molecule has 26 heavy (non-hydrogen) atoms. The molecule has 0 saturated carbocycles. The van der Waals surface area contributed by atoms with Crippen LogP contribution in [0.15, 0.2) is 18.2 Å². The van der Waals surface area contributed by atoms with Gasteiger partial charge in [-0.15, -0.1) is 0 Å². The summed E-state index contributed by atoms with van der Waals surface area (Å²) in [5.41, 5.74) is 1.54. The smallest absolute Gasteiger partial charge is 0.341 e. The van der Waals surface area contributed by atoms with E-state index in [0.29, 0.717) is 11.3 Å². The first-order valence-corrected chi connectivity index (χ1v) is 8.84. The average Bonchev–Trinajstić information content (AvgIpc) is 2.79. The van der Waals surface area contributed by atoms with Gasteiger partial charge in [0.1, 0.15) is 11.3 Å². The van der Waals surface area contributed by atoms with E-state index in [1.54, 1.807) is 34.5 Å². The number of carbonyl (C=O) groups is 1. The Morgan fingerprint density at radius 1 is 1.19 bits per heavy atom. The summed E-state index contributed by atoms with van der Waals surface area (Å²) in [6, 6.07) is 3.62. The monoisotopic (exact) mass is 359 g/mol. The third-order valence-corrected chi connectivity index (χ3v) is 5.13. The van der Waals surface area contributed by atoms with Gasteiger partial charge in [0.2, 0.25) is 0 Å². The minimum Gasteiger partial charge on any atom is -0.496 e.